The second-order valence-corrected chi connectivity index (χ2v) is 5.50. The topological polar surface area (TPSA) is 64.6 Å². The molecule has 2 rings (SSSR count). The van der Waals surface area contributed by atoms with Gasteiger partial charge in [-0.1, -0.05) is 12.1 Å². The standard InChI is InChI=1S/C19H21NO4/c1-12-9-19(24-4)16(11-18(12)23-3)17(22)10-14-5-7-15(8-6-14)20-13(2)21/h5-9,11H,10H2,1-4H3,(H,20,21). The number of ketones is 1. The number of methoxy groups -OCH3 is 2. The number of hydrogen-bond donors (Lipinski definition) is 1. The van der Waals surface area contributed by atoms with Crippen molar-refractivity contribution < 1.29 is 19.1 Å². The van der Waals surface area contributed by atoms with E-state index in [1.807, 2.05) is 19.1 Å². The van der Waals surface area contributed by atoms with Crippen molar-refractivity contribution in [2.24, 2.45) is 0 Å². The number of carbonyl (C=O) groups excluding carboxylic acids is 2. The fraction of sp³-hybridized carbons (Fsp3) is 0.263. The molecule has 5 heteroatoms. The molecule has 0 aromatic heterocycles. The molecule has 2 aromatic carbocycles. The van der Waals surface area contributed by atoms with E-state index < -0.39 is 0 Å². The number of Topliss-reactive ketones (excluding diaryl/α,β-unsaturated/α-hetero) is 1. The Labute approximate surface area is 141 Å². The van der Waals surface area contributed by atoms with Crippen molar-refractivity contribution in [3.63, 3.8) is 0 Å². The van der Waals surface area contributed by atoms with Crippen molar-refractivity contribution in [2.45, 2.75) is 20.3 Å². The van der Waals surface area contributed by atoms with Gasteiger partial charge in [0, 0.05) is 19.0 Å². The van der Waals surface area contributed by atoms with Crippen molar-refractivity contribution in [3.05, 3.63) is 53.1 Å². The fourth-order valence-corrected chi connectivity index (χ4v) is 2.46. The summed E-state index contributed by atoms with van der Waals surface area (Å²) in [5, 5.41) is 2.70. The Bertz CT molecular complexity index is 751. The second-order valence-electron chi connectivity index (χ2n) is 5.50. The lowest BCUT2D eigenvalue weighted by Gasteiger charge is -2.12. The van der Waals surface area contributed by atoms with Crippen LogP contribution >= 0.6 is 0 Å². The van der Waals surface area contributed by atoms with Gasteiger partial charge in [0.25, 0.3) is 0 Å². The van der Waals surface area contributed by atoms with Gasteiger partial charge < -0.3 is 14.8 Å². The highest BCUT2D eigenvalue weighted by Crippen LogP contribution is 2.29. The van der Waals surface area contributed by atoms with E-state index in [2.05, 4.69) is 5.32 Å². The van der Waals surface area contributed by atoms with Crippen molar-refractivity contribution in [3.8, 4) is 11.5 Å². The van der Waals surface area contributed by atoms with E-state index in [1.54, 1.807) is 38.5 Å². The van der Waals surface area contributed by atoms with E-state index in [9.17, 15) is 9.59 Å². The lowest BCUT2D eigenvalue weighted by molar-refractivity contribution is -0.114. The molecule has 0 bridgehead atoms. The summed E-state index contributed by atoms with van der Waals surface area (Å²) in [7, 11) is 3.12. The predicted molar refractivity (Wildman–Crippen MR) is 93.1 cm³/mol. The summed E-state index contributed by atoms with van der Waals surface area (Å²) in [6.07, 6.45) is 0.239. The molecule has 0 saturated carbocycles. The Morgan fingerprint density at radius 3 is 2.17 bits per heavy atom. The van der Waals surface area contributed by atoms with Crippen LogP contribution in [-0.2, 0) is 11.2 Å². The lowest BCUT2D eigenvalue weighted by Crippen LogP contribution is -2.08. The Balaban J connectivity index is 2.21. The molecule has 0 aliphatic carbocycles. The molecule has 24 heavy (non-hydrogen) atoms. The Kier molecular flexibility index (Phi) is 5.58. The summed E-state index contributed by atoms with van der Waals surface area (Å²) in [6, 6.07) is 10.7. The number of rotatable bonds is 6. The minimum Gasteiger partial charge on any atom is -0.496 e. The zero-order valence-corrected chi connectivity index (χ0v) is 14.3. The SMILES string of the molecule is COc1cc(C(=O)Cc2ccc(NC(C)=O)cc2)c(OC)cc1C. The average molecular weight is 327 g/mol. The van der Waals surface area contributed by atoms with Gasteiger partial charge in [-0.15, -0.1) is 0 Å². The Morgan fingerprint density at radius 1 is 1.00 bits per heavy atom. The van der Waals surface area contributed by atoms with E-state index in [-0.39, 0.29) is 18.1 Å². The van der Waals surface area contributed by atoms with E-state index in [1.165, 1.54) is 6.92 Å². The maximum absolute atomic E-state index is 12.6. The van der Waals surface area contributed by atoms with Crippen molar-refractivity contribution in [1.29, 1.82) is 0 Å². The summed E-state index contributed by atoms with van der Waals surface area (Å²) in [6.45, 7) is 3.35. The van der Waals surface area contributed by atoms with E-state index in [0.29, 0.717) is 22.7 Å². The van der Waals surface area contributed by atoms with Gasteiger partial charge in [-0.3, -0.25) is 9.59 Å². The smallest absolute Gasteiger partial charge is 0.221 e. The molecule has 0 saturated heterocycles. The maximum Gasteiger partial charge on any atom is 0.221 e. The zero-order valence-electron chi connectivity index (χ0n) is 14.3. The van der Waals surface area contributed by atoms with E-state index in [0.717, 1.165) is 11.1 Å². The van der Waals surface area contributed by atoms with Gasteiger partial charge >= 0.3 is 0 Å². The number of carbonyl (C=O) groups is 2. The Morgan fingerprint density at radius 2 is 1.62 bits per heavy atom. The van der Waals surface area contributed by atoms with Crippen LogP contribution in [0.5, 0.6) is 11.5 Å². The monoisotopic (exact) mass is 327 g/mol. The van der Waals surface area contributed by atoms with Crippen LogP contribution in [0.4, 0.5) is 5.69 Å². The molecule has 2 aromatic rings. The van der Waals surface area contributed by atoms with Gasteiger partial charge in [0.1, 0.15) is 11.5 Å². The van der Waals surface area contributed by atoms with Gasteiger partial charge in [0.15, 0.2) is 5.78 Å². The molecule has 0 atom stereocenters. The fourth-order valence-electron chi connectivity index (χ4n) is 2.46. The molecule has 0 unspecified atom stereocenters. The van der Waals surface area contributed by atoms with Crippen LogP contribution in [0.25, 0.3) is 0 Å². The van der Waals surface area contributed by atoms with Crippen LogP contribution in [0.2, 0.25) is 0 Å². The zero-order chi connectivity index (χ0) is 17.7. The third kappa shape index (κ3) is 4.13. The molecule has 0 aliphatic rings. The van der Waals surface area contributed by atoms with Gasteiger partial charge in [-0.05, 0) is 42.3 Å². The molecule has 0 fully saturated rings. The molecular formula is C19H21NO4. The normalized spacial score (nSPS) is 10.2. The molecule has 5 nitrogen and oxygen atoms in total. The number of amides is 1. The molecule has 0 spiro atoms. The number of anilines is 1. The minimum atomic E-state index is -0.129. The third-order valence-electron chi connectivity index (χ3n) is 3.66. The number of ether oxygens (including phenoxy) is 2. The highest BCUT2D eigenvalue weighted by molar-refractivity contribution is 6.00. The summed E-state index contributed by atoms with van der Waals surface area (Å²) in [4.78, 5) is 23.7. The van der Waals surface area contributed by atoms with E-state index >= 15 is 0 Å². The van der Waals surface area contributed by atoms with Gasteiger partial charge in [-0.2, -0.15) is 0 Å². The summed E-state index contributed by atoms with van der Waals surface area (Å²) in [5.41, 5.74) is 2.96. The van der Waals surface area contributed by atoms with Crippen molar-refractivity contribution in [1.82, 2.24) is 0 Å². The highest BCUT2D eigenvalue weighted by atomic mass is 16.5. The third-order valence-corrected chi connectivity index (χ3v) is 3.66. The van der Waals surface area contributed by atoms with Gasteiger partial charge in [0.2, 0.25) is 5.91 Å². The number of hydrogen-bond acceptors (Lipinski definition) is 4. The number of nitrogens with one attached hydrogen (secondary N) is 1. The summed E-state index contributed by atoms with van der Waals surface area (Å²) < 4.78 is 10.6. The summed E-state index contributed by atoms with van der Waals surface area (Å²) >= 11 is 0. The lowest BCUT2D eigenvalue weighted by atomic mass is 10.00. The first-order chi connectivity index (χ1) is 11.4. The van der Waals surface area contributed by atoms with Crippen molar-refractivity contribution >= 4 is 17.4 Å². The quantitative estimate of drug-likeness (QED) is 0.826. The number of benzene rings is 2. The van der Waals surface area contributed by atoms with Crippen LogP contribution in [0.15, 0.2) is 36.4 Å². The van der Waals surface area contributed by atoms with E-state index in [4.69, 9.17) is 9.47 Å². The highest BCUT2D eigenvalue weighted by Gasteiger charge is 2.16. The largest absolute Gasteiger partial charge is 0.496 e. The number of aryl methyl sites for hydroxylation is 1. The molecule has 0 aliphatic heterocycles. The first kappa shape index (κ1) is 17.5. The van der Waals surface area contributed by atoms with Gasteiger partial charge in [0.05, 0.1) is 19.8 Å². The van der Waals surface area contributed by atoms with Crippen LogP contribution in [0.3, 0.4) is 0 Å². The molecular weight excluding hydrogens is 306 g/mol. The van der Waals surface area contributed by atoms with Crippen LogP contribution < -0.4 is 14.8 Å². The molecule has 1 N–H and O–H groups in total. The second kappa shape index (κ2) is 7.64. The first-order valence-electron chi connectivity index (χ1n) is 7.57. The summed E-state index contributed by atoms with van der Waals surface area (Å²) in [5.74, 6) is 1.00. The molecule has 1 amide bonds. The minimum absolute atomic E-state index is 0.0579. The molecule has 0 radical (unpaired) electrons. The van der Waals surface area contributed by atoms with Gasteiger partial charge in [-0.25, -0.2) is 0 Å². The molecule has 126 valence electrons. The predicted octanol–water partition coefficient (Wildman–Crippen LogP) is 3.40. The Hall–Kier alpha value is -2.82. The van der Waals surface area contributed by atoms with Crippen LogP contribution in [0, 0.1) is 6.92 Å². The van der Waals surface area contributed by atoms with Crippen LogP contribution in [0.1, 0.15) is 28.4 Å². The molecule has 0 heterocycles. The van der Waals surface area contributed by atoms with Crippen LogP contribution in [-0.4, -0.2) is 25.9 Å². The first-order valence-corrected chi connectivity index (χ1v) is 7.57. The average Bonchev–Trinajstić information content (AvgIpc) is 2.55. The van der Waals surface area contributed by atoms with Crippen molar-refractivity contribution in [2.75, 3.05) is 19.5 Å². The maximum atomic E-state index is 12.6.